The maximum atomic E-state index is 7.15. The fraction of sp³-hybridized carbons (Fsp3) is 0.361. The minimum absolute atomic E-state index is 0.161. The van der Waals surface area contributed by atoms with Crippen LogP contribution in [0.3, 0.4) is 0 Å². The Kier molecular flexibility index (Phi) is 7.64. The van der Waals surface area contributed by atoms with Crippen LogP contribution in [-0.4, -0.2) is 56.2 Å². The molecule has 6 nitrogen and oxygen atoms in total. The van der Waals surface area contributed by atoms with Gasteiger partial charge >= 0.3 is 0 Å². The Hall–Kier alpha value is -3.45. The Balaban J connectivity index is 1.14. The van der Waals surface area contributed by atoms with E-state index in [-0.39, 0.29) is 11.6 Å². The van der Waals surface area contributed by atoms with Gasteiger partial charge in [-0.05, 0) is 66.9 Å². The molecule has 2 fully saturated rings. The number of nitrogens with one attached hydrogen (secondary N) is 1. The van der Waals surface area contributed by atoms with Crippen molar-refractivity contribution in [3.63, 3.8) is 0 Å². The maximum Gasteiger partial charge on any atom is 0.174 e. The van der Waals surface area contributed by atoms with E-state index in [2.05, 4.69) is 41.9 Å². The Morgan fingerprint density at radius 1 is 1.00 bits per heavy atom. The third-order valence-electron chi connectivity index (χ3n) is 9.45. The molecule has 1 spiro atoms. The van der Waals surface area contributed by atoms with Crippen molar-refractivity contribution in [2.45, 2.75) is 44.2 Å². The monoisotopic (exact) mass is 627 g/mol. The minimum atomic E-state index is -0.161. The smallest absolute Gasteiger partial charge is 0.174 e. The van der Waals surface area contributed by atoms with Gasteiger partial charge in [-0.15, -0.1) is 0 Å². The molecular weight excluding hydrogens is 591 g/mol. The van der Waals surface area contributed by atoms with E-state index in [1.54, 1.807) is 14.2 Å². The average molecular weight is 629 g/mol. The molecule has 3 aliphatic heterocycles. The van der Waals surface area contributed by atoms with E-state index in [0.717, 1.165) is 84.6 Å². The van der Waals surface area contributed by atoms with Crippen LogP contribution in [-0.2, 0) is 17.6 Å². The van der Waals surface area contributed by atoms with E-state index in [4.69, 9.17) is 43.0 Å². The molecule has 3 aromatic rings. The first-order chi connectivity index (χ1) is 21.3. The molecule has 0 radical (unpaired) electrons. The molecule has 4 aliphatic rings. The number of fused-ring (bicyclic) bond motifs is 1. The highest BCUT2D eigenvalue weighted by atomic mass is 35.5. The van der Waals surface area contributed by atoms with Gasteiger partial charge in [0.25, 0.3) is 0 Å². The number of methoxy groups -OCH3 is 2. The predicted molar refractivity (Wildman–Crippen MR) is 181 cm³/mol. The van der Waals surface area contributed by atoms with Crippen LogP contribution >= 0.6 is 23.2 Å². The number of aliphatic imine (C=N–C) groups is 1. The number of hydrogen-bond donors (Lipinski definition) is 1. The molecule has 8 heteroatoms. The predicted octanol–water partition coefficient (Wildman–Crippen LogP) is 8.12. The lowest BCUT2D eigenvalue weighted by Crippen LogP contribution is -2.67. The number of allylic oxidation sites excluding steroid dienone is 1. The van der Waals surface area contributed by atoms with Gasteiger partial charge in [-0.25, -0.2) is 4.99 Å². The number of nitrogens with zero attached hydrogens (tertiary/aromatic N) is 3. The number of benzene rings is 3. The highest BCUT2D eigenvalue weighted by Gasteiger charge is 2.45. The van der Waals surface area contributed by atoms with Crippen molar-refractivity contribution in [1.29, 1.82) is 0 Å². The molecule has 44 heavy (non-hydrogen) atoms. The second-order valence-corrected chi connectivity index (χ2v) is 13.4. The van der Waals surface area contributed by atoms with Gasteiger partial charge in [-0.1, -0.05) is 79.2 Å². The Morgan fingerprint density at radius 3 is 2.39 bits per heavy atom. The lowest BCUT2D eigenvalue weighted by atomic mass is 9.88. The van der Waals surface area contributed by atoms with Gasteiger partial charge in [0, 0.05) is 41.0 Å². The first kappa shape index (κ1) is 29.3. The van der Waals surface area contributed by atoms with Gasteiger partial charge in [0.15, 0.2) is 5.90 Å². The van der Waals surface area contributed by atoms with E-state index in [9.17, 15) is 0 Å². The van der Waals surface area contributed by atoms with Crippen LogP contribution in [0.1, 0.15) is 36.5 Å². The zero-order valence-electron chi connectivity index (χ0n) is 25.4. The number of rotatable bonds is 6. The first-order valence-corrected chi connectivity index (χ1v) is 16.0. The number of hydrogen-bond acceptors (Lipinski definition) is 5. The van der Waals surface area contributed by atoms with Crippen molar-refractivity contribution in [2.24, 2.45) is 10.9 Å². The van der Waals surface area contributed by atoms with Crippen LogP contribution in [0.4, 0.5) is 0 Å². The maximum absolute atomic E-state index is 7.15. The largest absolute Gasteiger partial charge is 0.678 e. The lowest BCUT2D eigenvalue weighted by Gasteiger charge is -2.51. The molecule has 0 saturated carbocycles. The van der Waals surface area contributed by atoms with Crippen molar-refractivity contribution >= 4 is 34.8 Å². The summed E-state index contributed by atoms with van der Waals surface area (Å²) >= 11 is 14.3. The molecular formula is C36H37Cl2N4O2-. The summed E-state index contributed by atoms with van der Waals surface area (Å²) in [6, 6.07) is 16.2. The Labute approximate surface area is 269 Å². The van der Waals surface area contributed by atoms with E-state index < -0.39 is 0 Å². The Bertz CT molecular complexity index is 1710. The van der Waals surface area contributed by atoms with Crippen molar-refractivity contribution in [2.75, 3.05) is 33.9 Å². The summed E-state index contributed by atoms with van der Waals surface area (Å²) in [6.45, 7) is 9.10. The van der Waals surface area contributed by atoms with Gasteiger partial charge in [-0.2, -0.15) is 6.20 Å². The van der Waals surface area contributed by atoms with Crippen LogP contribution in [0.5, 0.6) is 5.75 Å². The fourth-order valence-corrected chi connectivity index (χ4v) is 8.01. The highest BCUT2D eigenvalue weighted by molar-refractivity contribution is 6.39. The number of likely N-dealkylation sites (tertiary alicyclic amines) is 1. The van der Waals surface area contributed by atoms with Crippen molar-refractivity contribution in [1.82, 2.24) is 10.2 Å². The van der Waals surface area contributed by atoms with Crippen LogP contribution in [0.2, 0.25) is 10.0 Å². The van der Waals surface area contributed by atoms with Gasteiger partial charge in [-0.3, -0.25) is 4.90 Å². The topological polar surface area (TPSA) is 60.2 Å². The van der Waals surface area contributed by atoms with Crippen LogP contribution in [0, 0.1) is 5.92 Å². The summed E-state index contributed by atoms with van der Waals surface area (Å²) in [4.78, 5) is 7.28. The summed E-state index contributed by atoms with van der Waals surface area (Å²) in [5.74, 6) is 2.12. The van der Waals surface area contributed by atoms with Crippen LogP contribution in [0.15, 0.2) is 72.0 Å². The van der Waals surface area contributed by atoms with Crippen molar-refractivity contribution in [3.05, 3.63) is 99.1 Å². The van der Waals surface area contributed by atoms with Crippen molar-refractivity contribution in [3.8, 4) is 28.0 Å². The van der Waals surface area contributed by atoms with Crippen LogP contribution in [0.25, 0.3) is 33.3 Å². The second-order valence-electron chi connectivity index (χ2n) is 12.7. The zero-order chi connectivity index (χ0) is 30.6. The molecule has 3 heterocycles. The average Bonchev–Trinajstić information content (AvgIpc) is 3.59. The molecule has 3 aromatic carbocycles. The summed E-state index contributed by atoms with van der Waals surface area (Å²) in [6.07, 6.45) is 6.09. The Morgan fingerprint density at radius 2 is 1.70 bits per heavy atom. The molecule has 228 valence electrons. The molecule has 2 unspecified atom stereocenters. The molecule has 1 N–H and O–H groups in total. The van der Waals surface area contributed by atoms with E-state index in [0.29, 0.717) is 27.6 Å². The normalized spacial score (nSPS) is 22.1. The minimum Gasteiger partial charge on any atom is -0.678 e. The first-order valence-electron chi connectivity index (χ1n) is 15.3. The number of halogens is 2. The lowest BCUT2D eigenvalue weighted by molar-refractivity contribution is 0.0580. The summed E-state index contributed by atoms with van der Waals surface area (Å²) in [5, 5.41) is 9.66. The summed E-state index contributed by atoms with van der Waals surface area (Å²) in [5.41, 5.74) is 9.11. The van der Waals surface area contributed by atoms with Crippen molar-refractivity contribution < 1.29 is 9.47 Å². The standard InChI is InChI=1S/C36H37Cl2N4O2/c1-21-13-23-15-24(16-32(43-3)29(23)14-21)25-7-5-8-26(33(25)37)27-9-6-10-28(34(27)38)30-17-39-31(35(40-30)44-4)18-42-19-36(20-42)12-11-22(2)41-36/h5-10,15-17,21,31,41H,2,11-14,18-20H2,1,3-4H3/q-1. The SMILES string of the molecule is C=C1CCC2(CN(CC3[N-]C=C(c4cccc(-c5cccc(-c6cc7c(c(OC)c6)CC(C)C7)c5Cl)c4Cl)N=C3OC)C2)N1. The van der Waals surface area contributed by atoms with E-state index in [1.165, 1.54) is 11.1 Å². The molecule has 7 rings (SSSR count). The fourth-order valence-electron chi connectivity index (χ4n) is 7.35. The molecule has 0 amide bonds. The summed E-state index contributed by atoms with van der Waals surface area (Å²) in [7, 11) is 3.39. The molecule has 2 atom stereocenters. The van der Waals surface area contributed by atoms with Gasteiger partial charge < -0.3 is 20.1 Å². The quantitative estimate of drug-likeness (QED) is 0.300. The molecule has 0 bridgehead atoms. The zero-order valence-corrected chi connectivity index (χ0v) is 26.9. The van der Waals surface area contributed by atoms with Gasteiger partial charge in [0.05, 0.1) is 35.5 Å². The third-order valence-corrected chi connectivity index (χ3v) is 10.3. The molecule has 2 saturated heterocycles. The molecule has 1 aliphatic carbocycles. The van der Waals surface area contributed by atoms with Gasteiger partial charge in [0.2, 0.25) is 0 Å². The summed E-state index contributed by atoms with van der Waals surface area (Å²) < 4.78 is 11.5. The van der Waals surface area contributed by atoms with E-state index >= 15 is 0 Å². The van der Waals surface area contributed by atoms with E-state index in [1.807, 2.05) is 36.5 Å². The highest BCUT2D eigenvalue weighted by Crippen LogP contribution is 2.44. The second kappa shape index (κ2) is 11.5. The van der Waals surface area contributed by atoms with Crippen LogP contribution < -0.4 is 10.1 Å². The molecule has 0 aromatic heterocycles. The van der Waals surface area contributed by atoms with Gasteiger partial charge in [0.1, 0.15) is 5.75 Å². The number of ether oxygens (including phenoxy) is 2. The third kappa shape index (κ3) is 5.17.